The topological polar surface area (TPSA) is 53.9 Å². The quantitative estimate of drug-likeness (QED) is 0.897. The van der Waals surface area contributed by atoms with Gasteiger partial charge in [0.2, 0.25) is 0 Å². The van der Waals surface area contributed by atoms with E-state index in [4.69, 9.17) is 4.42 Å². The van der Waals surface area contributed by atoms with Crippen LogP contribution in [0.25, 0.3) is 11.5 Å². The molecular formula is C17H25N3O. The first kappa shape index (κ1) is 14.4. The van der Waals surface area contributed by atoms with Crippen LogP contribution < -0.4 is 5.32 Å². The van der Waals surface area contributed by atoms with E-state index in [0.29, 0.717) is 6.04 Å². The van der Waals surface area contributed by atoms with Crippen LogP contribution in [-0.4, -0.2) is 16.2 Å². The van der Waals surface area contributed by atoms with Gasteiger partial charge in [0.1, 0.15) is 11.5 Å². The fourth-order valence-corrected chi connectivity index (χ4v) is 3.60. The van der Waals surface area contributed by atoms with Crippen molar-refractivity contribution in [3.05, 3.63) is 29.7 Å². The molecule has 1 aliphatic rings. The first-order valence-electron chi connectivity index (χ1n) is 7.94. The van der Waals surface area contributed by atoms with Gasteiger partial charge in [-0.2, -0.15) is 5.10 Å². The highest BCUT2D eigenvalue weighted by molar-refractivity contribution is 5.56. The lowest BCUT2D eigenvalue weighted by atomic mass is 9.80. The average molecular weight is 287 g/mol. The van der Waals surface area contributed by atoms with Crippen LogP contribution in [0.2, 0.25) is 0 Å². The molecule has 0 spiro atoms. The molecule has 0 radical (unpaired) electrons. The van der Waals surface area contributed by atoms with Crippen LogP contribution in [0.15, 0.2) is 22.7 Å². The summed E-state index contributed by atoms with van der Waals surface area (Å²) in [6.07, 6.45) is 5.81. The normalized spacial score (nSPS) is 26.1. The van der Waals surface area contributed by atoms with Crippen LogP contribution in [-0.2, 0) is 6.54 Å². The van der Waals surface area contributed by atoms with Crippen molar-refractivity contribution in [1.29, 1.82) is 0 Å². The number of nitrogens with one attached hydrogen (secondary N) is 2. The van der Waals surface area contributed by atoms with Gasteiger partial charge < -0.3 is 9.73 Å². The zero-order valence-electron chi connectivity index (χ0n) is 13.1. The molecule has 0 bridgehead atoms. The maximum atomic E-state index is 5.70. The molecule has 114 valence electrons. The molecule has 0 aromatic carbocycles. The second-order valence-corrected chi connectivity index (χ2v) is 6.68. The van der Waals surface area contributed by atoms with Gasteiger partial charge in [-0.1, -0.05) is 13.8 Å². The van der Waals surface area contributed by atoms with Crippen molar-refractivity contribution >= 4 is 0 Å². The molecule has 1 aliphatic carbocycles. The maximum absolute atomic E-state index is 5.70. The summed E-state index contributed by atoms with van der Waals surface area (Å²) in [5.41, 5.74) is 2.17. The van der Waals surface area contributed by atoms with Crippen LogP contribution in [0.5, 0.6) is 0 Å². The van der Waals surface area contributed by atoms with Crippen molar-refractivity contribution in [2.45, 2.75) is 52.6 Å². The Morgan fingerprint density at radius 3 is 2.67 bits per heavy atom. The average Bonchev–Trinajstić information content (AvgIpc) is 3.03. The predicted molar refractivity (Wildman–Crippen MR) is 83.8 cm³/mol. The van der Waals surface area contributed by atoms with E-state index in [-0.39, 0.29) is 0 Å². The van der Waals surface area contributed by atoms with Crippen LogP contribution in [0, 0.1) is 18.8 Å². The summed E-state index contributed by atoms with van der Waals surface area (Å²) >= 11 is 0. The number of hydrogen-bond acceptors (Lipinski definition) is 3. The number of aryl methyl sites for hydroxylation is 1. The molecule has 2 atom stereocenters. The largest absolute Gasteiger partial charge is 0.460 e. The van der Waals surface area contributed by atoms with Crippen LogP contribution in [0.1, 0.15) is 44.4 Å². The third-order valence-electron chi connectivity index (χ3n) is 4.46. The van der Waals surface area contributed by atoms with E-state index in [2.05, 4.69) is 29.4 Å². The molecule has 2 N–H and O–H groups in total. The van der Waals surface area contributed by atoms with Crippen molar-refractivity contribution in [2.75, 3.05) is 0 Å². The Balaban J connectivity index is 1.65. The van der Waals surface area contributed by atoms with Crippen LogP contribution in [0.4, 0.5) is 0 Å². The van der Waals surface area contributed by atoms with Gasteiger partial charge in [0.25, 0.3) is 0 Å². The summed E-state index contributed by atoms with van der Waals surface area (Å²) in [5, 5.41) is 10.9. The van der Waals surface area contributed by atoms with E-state index in [1.54, 1.807) is 0 Å². The first-order valence-corrected chi connectivity index (χ1v) is 7.94. The number of hydrogen-bond donors (Lipinski definition) is 2. The van der Waals surface area contributed by atoms with Crippen molar-refractivity contribution in [2.24, 2.45) is 11.8 Å². The SMILES string of the molecule is Cc1ccc(-c2[nH]ncc2CNC2CC(C)CC(C)C2)o1. The maximum Gasteiger partial charge on any atom is 0.152 e. The highest BCUT2D eigenvalue weighted by Crippen LogP contribution is 2.29. The summed E-state index contributed by atoms with van der Waals surface area (Å²) in [5.74, 6) is 3.44. The molecule has 4 nitrogen and oxygen atoms in total. The standard InChI is InChI=1S/C17H25N3O/c1-11-6-12(2)8-15(7-11)18-9-14-10-19-20-17(14)16-5-4-13(3)21-16/h4-5,10-12,15,18H,6-9H2,1-3H3,(H,19,20). The molecule has 1 fully saturated rings. The van der Waals surface area contributed by atoms with Gasteiger partial charge in [-0.3, -0.25) is 5.10 Å². The molecule has 21 heavy (non-hydrogen) atoms. The fourth-order valence-electron chi connectivity index (χ4n) is 3.60. The first-order chi connectivity index (χ1) is 10.1. The van der Waals surface area contributed by atoms with E-state index in [1.807, 2.05) is 25.3 Å². The molecule has 2 aromatic rings. The van der Waals surface area contributed by atoms with Gasteiger partial charge in [0.05, 0.1) is 6.20 Å². The van der Waals surface area contributed by atoms with E-state index < -0.39 is 0 Å². The second-order valence-electron chi connectivity index (χ2n) is 6.68. The highest BCUT2D eigenvalue weighted by atomic mass is 16.3. The summed E-state index contributed by atoms with van der Waals surface area (Å²) in [4.78, 5) is 0. The fraction of sp³-hybridized carbons (Fsp3) is 0.588. The van der Waals surface area contributed by atoms with Gasteiger partial charge in [-0.25, -0.2) is 0 Å². The molecule has 2 unspecified atom stereocenters. The van der Waals surface area contributed by atoms with Gasteiger partial charge in [-0.05, 0) is 50.2 Å². The predicted octanol–water partition coefficient (Wildman–Crippen LogP) is 3.89. The Labute approximate surface area is 126 Å². The van der Waals surface area contributed by atoms with Crippen LogP contribution >= 0.6 is 0 Å². The lowest BCUT2D eigenvalue weighted by Gasteiger charge is -2.32. The van der Waals surface area contributed by atoms with Gasteiger partial charge in [0.15, 0.2) is 5.76 Å². The van der Waals surface area contributed by atoms with Crippen molar-refractivity contribution in [3.63, 3.8) is 0 Å². The number of aromatic amines is 1. The Bertz CT molecular complexity index is 576. The number of nitrogens with zero attached hydrogens (tertiary/aromatic N) is 1. The van der Waals surface area contributed by atoms with E-state index in [9.17, 15) is 0 Å². The Kier molecular flexibility index (Phi) is 4.15. The zero-order chi connectivity index (χ0) is 14.8. The molecular weight excluding hydrogens is 262 g/mol. The smallest absolute Gasteiger partial charge is 0.152 e. The van der Waals surface area contributed by atoms with Crippen molar-refractivity contribution < 1.29 is 4.42 Å². The number of aromatic nitrogens is 2. The number of furan rings is 1. The van der Waals surface area contributed by atoms with Gasteiger partial charge in [-0.15, -0.1) is 0 Å². The van der Waals surface area contributed by atoms with Gasteiger partial charge >= 0.3 is 0 Å². The molecule has 0 aliphatic heterocycles. The minimum Gasteiger partial charge on any atom is -0.460 e. The van der Waals surface area contributed by atoms with Crippen molar-refractivity contribution in [3.8, 4) is 11.5 Å². The Hall–Kier alpha value is -1.55. The summed E-state index contributed by atoms with van der Waals surface area (Å²) < 4.78 is 5.70. The molecule has 4 heteroatoms. The lowest BCUT2D eigenvalue weighted by Crippen LogP contribution is -2.35. The second kappa shape index (κ2) is 6.06. The van der Waals surface area contributed by atoms with E-state index >= 15 is 0 Å². The van der Waals surface area contributed by atoms with Crippen molar-refractivity contribution in [1.82, 2.24) is 15.5 Å². The summed E-state index contributed by atoms with van der Waals surface area (Å²) in [6, 6.07) is 4.60. The summed E-state index contributed by atoms with van der Waals surface area (Å²) in [6.45, 7) is 7.52. The molecule has 2 aromatic heterocycles. The monoisotopic (exact) mass is 287 g/mol. The Morgan fingerprint density at radius 1 is 1.24 bits per heavy atom. The third-order valence-corrected chi connectivity index (χ3v) is 4.46. The summed E-state index contributed by atoms with van der Waals surface area (Å²) in [7, 11) is 0. The van der Waals surface area contributed by atoms with E-state index in [0.717, 1.165) is 35.6 Å². The van der Waals surface area contributed by atoms with Crippen LogP contribution in [0.3, 0.4) is 0 Å². The molecule has 1 saturated carbocycles. The zero-order valence-corrected chi connectivity index (χ0v) is 13.1. The minimum absolute atomic E-state index is 0.616. The lowest BCUT2D eigenvalue weighted by molar-refractivity contribution is 0.238. The van der Waals surface area contributed by atoms with Gasteiger partial charge in [0, 0.05) is 18.2 Å². The number of H-pyrrole nitrogens is 1. The molecule has 3 rings (SSSR count). The highest BCUT2D eigenvalue weighted by Gasteiger charge is 2.23. The molecule has 0 saturated heterocycles. The third kappa shape index (κ3) is 3.38. The molecule has 0 amide bonds. The van der Waals surface area contributed by atoms with E-state index in [1.165, 1.54) is 24.8 Å². The minimum atomic E-state index is 0.616. The molecule has 2 heterocycles. The Morgan fingerprint density at radius 2 is 2.00 bits per heavy atom. The number of rotatable bonds is 4.